The quantitative estimate of drug-likeness (QED) is 0.803. The van der Waals surface area contributed by atoms with Crippen LogP contribution in [0.1, 0.15) is 51.9 Å². The predicted octanol–water partition coefficient (Wildman–Crippen LogP) is 2.74. The van der Waals surface area contributed by atoms with Crippen LogP contribution in [0.4, 0.5) is 0 Å². The van der Waals surface area contributed by atoms with Crippen LogP contribution >= 0.6 is 0 Å². The third-order valence-electron chi connectivity index (χ3n) is 6.46. The molecule has 0 aromatic heterocycles. The van der Waals surface area contributed by atoms with Gasteiger partial charge in [0.2, 0.25) is 0 Å². The van der Waals surface area contributed by atoms with E-state index in [0.29, 0.717) is 12.6 Å². The molecule has 6 unspecified atom stereocenters. The summed E-state index contributed by atoms with van der Waals surface area (Å²) >= 11 is 0. The Morgan fingerprint density at radius 2 is 1.85 bits per heavy atom. The summed E-state index contributed by atoms with van der Waals surface area (Å²) in [6.45, 7) is 2.42. The molecule has 4 saturated carbocycles. The molecule has 6 atom stereocenters. The maximum Gasteiger partial charge on any atom is 0.308 e. The van der Waals surface area contributed by atoms with E-state index in [1.807, 2.05) is 6.92 Å². The molecule has 112 valence electrons. The highest BCUT2D eigenvalue weighted by molar-refractivity contribution is 5.72. The number of rotatable bonds is 4. The van der Waals surface area contributed by atoms with Crippen LogP contribution in [0.25, 0.3) is 0 Å². The van der Waals surface area contributed by atoms with Crippen molar-refractivity contribution in [2.24, 2.45) is 29.6 Å². The Kier molecular flexibility index (Phi) is 3.29. The van der Waals surface area contributed by atoms with Crippen LogP contribution in [-0.2, 0) is 9.53 Å². The van der Waals surface area contributed by atoms with Gasteiger partial charge in [0, 0.05) is 12.1 Å². The number of carbonyl (C=O) groups is 1. The van der Waals surface area contributed by atoms with Crippen LogP contribution in [-0.4, -0.2) is 24.7 Å². The lowest BCUT2D eigenvalue weighted by Crippen LogP contribution is -2.39. The van der Waals surface area contributed by atoms with Crippen molar-refractivity contribution in [2.45, 2.75) is 64.0 Å². The molecule has 0 amide bonds. The van der Waals surface area contributed by atoms with Crippen LogP contribution in [0.15, 0.2) is 0 Å². The summed E-state index contributed by atoms with van der Waals surface area (Å²) in [5.41, 5.74) is 0. The average molecular weight is 277 g/mol. The minimum Gasteiger partial charge on any atom is -0.466 e. The highest BCUT2D eigenvalue weighted by atomic mass is 16.5. The zero-order chi connectivity index (χ0) is 13.7. The normalized spacial score (nSPS) is 49.0. The second-order valence-corrected chi connectivity index (χ2v) is 7.49. The van der Waals surface area contributed by atoms with Crippen molar-refractivity contribution in [3.63, 3.8) is 0 Å². The Morgan fingerprint density at radius 3 is 2.55 bits per heavy atom. The lowest BCUT2D eigenvalue weighted by atomic mass is 9.85. The topological polar surface area (TPSA) is 38.3 Å². The summed E-state index contributed by atoms with van der Waals surface area (Å²) in [4.78, 5) is 11.9. The molecule has 0 saturated heterocycles. The summed E-state index contributed by atoms with van der Waals surface area (Å²) in [5, 5.41) is 3.91. The maximum absolute atomic E-state index is 11.9. The number of ether oxygens (including phenoxy) is 1. The minimum atomic E-state index is 0.0371. The molecule has 0 aliphatic heterocycles. The molecule has 4 aliphatic rings. The van der Waals surface area contributed by atoms with E-state index >= 15 is 0 Å². The molecule has 0 spiro atoms. The fraction of sp³-hybridized carbons (Fsp3) is 0.941. The molecule has 4 aliphatic carbocycles. The smallest absolute Gasteiger partial charge is 0.308 e. The third-order valence-corrected chi connectivity index (χ3v) is 6.46. The van der Waals surface area contributed by atoms with E-state index in [9.17, 15) is 4.79 Å². The van der Waals surface area contributed by atoms with Gasteiger partial charge in [-0.15, -0.1) is 0 Å². The number of nitrogens with one attached hydrogen (secondary N) is 1. The predicted molar refractivity (Wildman–Crippen MR) is 77.1 cm³/mol. The Bertz CT molecular complexity index is 380. The molecule has 4 fully saturated rings. The van der Waals surface area contributed by atoms with Gasteiger partial charge in [0.1, 0.15) is 0 Å². The van der Waals surface area contributed by atoms with E-state index in [1.165, 1.54) is 32.1 Å². The molecule has 2 bridgehead atoms. The standard InChI is InChI=1S/C17H27NO2/c1-2-20-17(19)12-4-3-5-13(9-12)18-16-14-10-6-7-11(8-10)15(14)16/h10-16,18H,2-9H2,1H3. The fourth-order valence-electron chi connectivity index (χ4n) is 5.64. The van der Waals surface area contributed by atoms with Crippen molar-refractivity contribution in [2.75, 3.05) is 6.61 Å². The highest BCUT2D eigenvalue weighted by Gasteiger charge is 2.65. The van der Waals surface area contributed by atoms with Gasteiger partial charge in [-0.25, -0.2) is 0 Å². The first kappa shape index (κ1) is 13.1. The van der Waals surface area contributed by atoms with E-state index in [0.717, 1.165) is 42.6 Å². The first-order chi connectivity index (χ1) is 9.78. The fourth-order valence-corrected chi connectivity index (χ4v) is 5.64. The number of carbonyl (C=O) groups excluding carboxylic acids is 1. The molecule has 0 heterocycles. The zero-order valence-electron chi connectivity index (χ0n) is 12.5. The van der Waals surface area contributed by atoms with E-state index < -0.39 is 0 Å². The number of hydrogen-bond donors (Lipinski definition) is 1. The van der Waals surface area contributed by atoms with Gasteiger partial charge < -0.3 is 10.1 Å². The van der Waals surface area contributed by atoms with Crippen LogP contribution in [0, 0.1) is 29.6 Å². The summed E-state index contributed by atoms with van der Waals surface area (Å²) in [6, 6.07) is 1.36. The van der Waals surface area contributed by atoms with Crippen molar-refractivity contribution < 1.29 is 9.53 Å². The van der Waals surface area contributed by atoms with Gasteiger partial charge in [-0.3, -0.25) is 4.79 Å². The summed E-state index contributed by atoms with van der Waals surface area (Å²) < 4.78 is 5.20. The maximum atomic E-state index is 11.9. The SMILES string of the molecule is CCOC(=O)C1CCCC(NC2C3C4CCC(C4)C23)C1. The van der Waals surface area contributed by atoms with Crippen molar-refractivity contribution in [3.05, 3.63) is 0 Å². The second-order valence-electron chi connectivity index (χ2n) is 7.49. The number of hydrogen-bond acceptors (Lipinski definition) is 3. The van der Waals surface area contributed by atoms with Crippen LogP contribution in [0.2, 0.25) is 0 Å². The Balaban J connectivity index is 1.31. The Labute approximate surface area is 121 Å². The van der Waals surface area contributed by atoms with Gasteiger partial charge in [-0.1, -0.05) is 6.42 Å². The van der Waals surface area contributed by atoms with E-state index in [4.69, 9.17) is 4.74 Å². The van der Waals surface area contributed by atoms with Gasteiger partial charge in [-0.2, -0.15) is 0 Å². The Hall–Kier alpha value is -0.570. The third kappa shape index (κ3) is 2.09. The van der Waals surface area contributed by atoms with E-state index in [-0.39, 0.29) is 11.9 Å². The van der Waals surface area contributed by atoms with Crippen molar-refractivity contribution in [1.82, 2.24) is 5.32 Å². The second kappa shape index (κ2) is 5.01. The van der Waals surface area contributed by atoms with E-state index in [2.05, 4.69) is 5.32 Å². The van der Waals surface area contributed by atoms with Crippen molar-refractivity contribution in [3.8, 4) is 0 Å². The van der Waals surface area contributed by atoms with Gasteiger partial charge in [0.15, 0.2) is 0 Å². The highest BCUT2D eigenvalue weighted by Crippen LogP contribution is 2.65. The number of esters is 1. The van der Waals surface area contributed by atoms with Crippen LogP contribution in [0.3, 0.4) is 0 Å². The minimum absolute atomic E-state index is 0.0371. The molecular formula is C17H27NO2. The van der Waals surface area contributed by atoms with Gasteiger partial charge in [0.25, 0.3) is 0 Å². The lowest BCUT2D eigenvalue weighted by molar-refractivity contribution is -0.149. The summed E-state index contributed by atoms with van der Waals surface area (Å²) in [6.07, 6.45) is 8.95. The van der Waals surface area contributed by atoms with Crippen LogP contribution < -0.4 is 5.32 Å². The first-order valence-electron chi connectivity index (χ1n) is 8.70. The average Bonchev–Trinajstić information content (AvgIpc) is 2.85. The van der Waals surface area contributed by atoms with E-state index in [1.54, 1.807) is 0 Å². The number of fused-ring (bicyclic) bond motifs is 5. The van der Waals surface area contributed by atoms with Gasteiger partial charge >= 0.3 is 5.97 Å². The van der Waals surface area contributed by atoms with Crippen molar-refractivity contribution >= 4 is 5.97 Å². The molecule has 20 heavy (non-hydrogen) atoms. The molecule has 1 N–H and O–H groups in total. The summed E-state index contributed by atoms with van der Waals surface area (Å²) in [5.74, 6) is 4.25. The molecule has 3 nitrogen and oxygen atoms in total. The van der Waals surface area contributed by atoms with Crippen molar-refractivity contribution in [1.29, 1.82) is 0 Å². The largest absolute Gasteiger partial charge is 0.466 e. The van der Waals surface area contributed by atoms with Crippen LogP contribution in [0.5, 0.6) is 0 Å². The molecule has 0 aromatic carbocycles. The van der Waals surface area contributed by atoms with Gasteiger partial charge in [0.05, 0.1) is 12.5 Å². The molecule has 3 heteroatoms. The monoisotopic (exact) mass is 277 g/mol. The lowest BCUT2D eigenvalue weighted by Gasteiger charge is -2.29. The summed E-state index contributed by atoms with van der Waals surface area (Å²) in [7, 11) is 0. The molecule has 0 aromatic rings. The molecule has 4 rings (SSSR count). The first-order valence-corrected chi connectivity index (χ1v) is 8.70. The Morgan fingerprint density at radius 1 is 1.10 bits per heavy atom. The zero-order valence-corrected chi connectivity index (χ0v) is 12.5. The molecule has 0 radical (unpaired) electrons. The van der Waals surface area contributed by atoms with Gasteiger partial charge in [-0.05, 0) is 69.1 Å². The molecular weight excluding hydrogens is 250 g/mol.